The summed E-state index contributed by atoms with van der Waals surface area (Å²) >= 11 is 0. The molecule has 0 aliphatic rings. The molecule has 0 radical (unpaired) electrons. The fourth-order valence-corrected chi connectivity index (χ4v) is 1.86. The second kappa shape index (κ2) is 5.32. The van der Waals surface area contributed by atoms with Gasteiger partial charge in [0.1, 0.15) is 23.2 Å². The lowest BCUT2D eigenvalue weighted by atomic mass is 10.3. The molecule has 0 saturated carbocycles. The topological polar surface area (TPSA) is 97.1 Å². The first-order valence-electron chi connectivity index (χ1n) is 5.60. The Hall–Kier alpha value is -3.01. The highest BCUT2D eigenvalue weighted by molar-refractivity contribution is 5.94. The first-order valence-corrected chi connectivity index (χ1v) is 5.60. The largest absolute Gasteiger partial charge is 0.464 e. The maximum atomic E-state index is 11.7. The molecule has 2 aromatic heterocycles. The van der Waals surface area contributed by atoms with Gasteiger partial charge in [0.05, 0.1) is 19.9 Å². The van der Waals surface area contributed by atoms with Crippen molar-refractivity contribution in [3.8, 4) is 11.8 Å². The SMILES string of the molecule is COC(=O)c1[nH]ccc1-n1c(C#N)ccc1C(=O)OC. The van der Waals surface area contributed by atoms with Crippen LogP contribution in [0.2, 0.25) is 0 Å². The van der Waals surface area contributed by atoms with E-state index in [1.54, 1.807) is 6.07 Å². The van der Waals surface area contributed by atoms with Crippen LogP contribution in [0.15, 0.2) is 24.4 Å². The number of aromatic amines is 1. The number of nitrogens with one attached hydrogen (secondary N) is 1. The molecule has 0 saturated heterocycles. The predicted octanol–water partition coefficient (Wildman–Crippen LogP) is 1.25. The van der Waals surface area contributed by atoms with E-state index in [9.17, 15) is 9.59 Å². The number of nitriles is 1. The third-order valence-corrected chi connectivity index (χ3v) is 2.75. The van der Waals surface area contributed by atoms with Crippen LogP contribution in [0.4, 0.5) is 0 Å². The second-order valence-electron chi connectivity index (χ2n) is 3.77. The van der Waals surface area contributed by atoms with Gasteiger partial charge in [0.2, 0.25) is 0 Å². The maximum Gasteiger partial charge on any atom is 0.356 e. The number of hydrogen-bond donors (Lipinski definition) is 1. The van der Waals surface area contributed by atoms with Crippen LogP contribution in [0.1, 0.15) is 26.7 Å². The number of carbonyl (C=O) groups is 2. The van der Waals surface area contributed by atoms with Crippen LogP contribution in [0.25, 0.3) is 5.69 Å². The van der Waals surface area contributed by atoms with Crippen LogP contribution in [0.3, 0.4) is 0 Å². The number of aromatic nitrogens is 2. The number of esters is 2. The van der Waals surface area contributed by atoms with Gasteiger partial charge in [0.15, 0.2) is 0 Å². The summed E-state index contributed by atoms with van der Waals surface area (Å²) in [4.78, 5) is 26.1. The van der Waals surface area contributed by atoms with Crippen LogP contribution in [-0.4, -0.2) is 35.7 Å². The van der Waals surface area contributed by atoms with Crippen molar-refractivity contribution in [2.45, 2.75) is 0 Å². The van der Waals surface area contributed by atoms with Crippen molar-refractivity contribution in [1.82, 2.24) is 9.55 Å². The van der Waals surface area contributed by atoms with E-state index in [1.807, 2.05) is 6.07 Å². The molecule has 7 nitrogen and oxygen atoms in total. The Morgan fingerprint density at radius 3 is 2.50 bits per heavy atom. The average Bonchev–Trinajstić information content (AvgIpc) is 3.10. The summed E-state index contributed by atoms with van der Waals surface area (Å²) in [6.07, 6.45) is 1.52. The lowest BCUT2D eigenvalue weighted by Crippen LogP contribution is -2.13. The zero-order valence-electron chi connectivity index (χ0n) is 10.8. The van der Waals surface area contributed by atoms with E-state index in [2.05, 4.69) is 14.5 Å². The van der Waals surface area contributed by atoms with Crippen molar-refractivity contribution in [2.75, 3.05) is 14.2 Å². The van der Waals surface area contributed by atoms with Crippen molar-refractivity contribution in [2.24, 2.45) is 0 Å². The van der Waals surface area contributed by atoms with E-state index in [1.165, 1.54) is 37.1 Å². The van der Waals surface area contributed by atoms with E-state index in [0.717, 1.165) is 0 Å². The smallest absolute Gasteiger partial charge is 0.356 e. The lowest BCUT2D eigenvalue weighted by Gasteiger charge is -2.09. The molecule has 0 aliphatic carbocycles. The van der Waals surface area contributed by atoms with Gasteiger partial charge in [-0.15, -0.1) is 0 Å². The molecular weight excluding hydrogens is 262 g/mol. The third kappa shape index (κ3) is 2.03. The minimum atomic E-state index is -0.608. The van der Waals surface area contributed by atoms with Crippen molar-refractivity contribution in [3.05, 3.63) is 41.5 Å². The summed E-state index contributed by atoms with van der Waals surface area (Å²) in [6, 6.07) is 6.45. The molecule has 0 aromatic carbocycles. The van der Waals surface area contributed by atoms with Crippen molar-refractivity contribution >= 4 is 11.9 Å². The molecule has 0 fully saturated rings. The second-order valence-corrected chi connectivity index (χ2v) is 3.77. The number of nitrogens with zero attached hydrogens (tertiary/aromatic N) is 2. The number of rotatable bonds is 3. The van der Waals surface area contributed by atoms with Gasteiger partial charge in [0.25, 0.3) is 0 Å². The number of H-pyrrole nitrogens is 1. The summed E-state index contributed by atoms with van der Waals surface area (Å²) in [5, 5.41) is 9.12. The Morgan fingerprint density at radius 1 is 1.20 bits per heavy atom. The van der Waals surface area contributed by atoms with Gasteiger partial charge in [-0.3, -0.25) is 4.57 Å². The molecule has 102 valence electrons. The van der Waals surface area contributed by atoms with Crippen LogP contribution < -0.4 is 0 Å². The number of hydrogen-bond acceptors (Lipinski definition) is 5. The first kappa shape index (κ1) is 13.4. The summed E-state index contributed by atoms with van der Waals surface area (Å²) < 4.78 is 10.7. The van der Waals surface area contributed by atoms with Gasteiger partial charge >= 0.3 is 11.9 Å². The Labute approximate surface area is 114 Å². The summed E-state index contributed by atoms with van der Waals surface area (Å²) in [6.45, 7) is 0. The quantitative estimate of drug-likeness (QED) is 0.849. The van der Waals surface area contributed by atoms with Gasteiger partial charge in [-0.1, -0.05) is 0 Å². The molecule has 7 heteroatoms. The molecular formula is C13H11N3O4. The lowest BCUT2D eigenvalue weighted by molar-refractivity contribution is 0.0578. The van der Waals surface area contributed by atoms with E-state index >= 15 is 0 Å². The third-order valence-electron chi connectivity index (χ3n) is 2.75. The average molecular weight is 273 g/mol. The van der Waals surface area contributed by atoms with Crippen molar-refractivity contribution in [3.63, 3.8) is 0 Å². The molecule has 0 aliphatic heterocycles. The van der Waals surface area contributed by atoms with E-state index in [-0.39, 0.29) is 17.1 Å². The zero-order valence-corrected chi connectivity index (χ0v) is 10.8. The van der Waals surface area contributed by atoms with E-state index in [0.29, 0.717) is 5.69 Å². The predicted molar refractivity (Wildman–Crippen MR) is 67.5 cm³/mol. The fraction of sp³-hybridized carbons (Fsp3) is 0.154. The molecule has 0 atom stereocenters. The van der Waals surface area contributed by atoms with Gasteiger partial charge in [-0.2, -0.15) is 5.26 Å². The van der Waals surface area contributed by atoms with Gasteiger partial charge in [0, 0.05) is 6.20 Å². The van der Waals surface area contributed by atoms with Crippen LogP contribution in [0.5, 0.6) is 0 Å². The zero-order chi connectivity index (χ0) is 14.7. The highest BCUT2D eigenvalue weighted by Crippen LogP contribution is 2.21. The number of methoxy groups -OCH3 is 2. The molecule has 0 bridgehead atoms. The Balaban J connectivity index is 2.67. The molecule has 0 spiro atoms. The highest BCUT2D eigenvalue weighted by atomic mass is 16.5. The van der Waals surface area contributed by atoms with Crippen molar-refractivity contribution in [1.29, 1.82) is 5.26 Å². The summed E-state index contributed by atoms with van der Waals surface area (Å²) in [7, 11) is 2.49. The summed E-state index contributed by atoms with van der Waals surface area (Å²) in [5.41, 5.74) is 0.841. The highest BCUT2D eigenvalue weighted by Gasteiger charge is 2.22. The molecule has 2 rings (SSSR count). The summed E-state index contributed by atoms with van der Waals surface area (Å²) in [5.74, 6) is -1.21. The standard InChI is InChI=1S/C13H11N3O4/c1-19-12(17)10-4-3-8(7-14)16(10)9-5-6-15-11(9)13(18)20-2/h3-6,15H,1-2H3. The molecule has 20 heavy (non-hydrogen) atoms. The monoisotopic (exact) mass is 273 g/mol. The minimum absolute atomic E-state index is 0.144. The first-order chi connectivity index (χ1) is 9.63. The van der Waals surface area contributed by atoms with Crippen LogP contribution >= 0.6 is 0 Å². The molecule has 0 amide bonds. The fourth-order valence-electron chi connectivity index (χ4n) is 1.86. The minimum Gasteiger partial charge on any atom is -0.464 e. The van der Waals surface area contributed by atoms with Crippen LogP contribution in [0, 0.1) is 11.3 Å². The van der Waals surface area contributed by atoms with Gasteiger partial charge in [-0.05, 0) is 18.2 Å². The molecule has 0 unspecified atom stereocenters. The van der Waals surface area contributed by atoms with Crippen LogP contribution in [-0.2, 0) is 9.47 Å². The van der Waals surface area contributed by atoms with E-state index < -0.39 is 11.9 Å². The normalized spacial score (nSPS) is 9.85. The van der Waals surface area contributed by atoms with Gasteiger partial charge < -0.3 is 14.5 Å². The number of carbonyl (C=O) groups excluding carboxylic acids is 2. The number of ether oxygens (including phenoxy) is 2. The van der Waals surface area contributed by atoms with Gasteiger partial charge in [-0.25, -0.2) is 9.59 Å². The Bertz CT molecular complexity index is 706. The Kier molecular flexibility index (Phi) is 3.57. The molecule has 1 N–H and O–H groups in total. The Morgan fingerprint density at radius 2 is 1.90 bits per heavy atom. The maximum absolute atomic E-state index is 11.7. The van der Waals surface area contributed by atoms with Crippen molar-refractivity contribution < 1.29 is 19.1 Å². The van der Waals surface area contributed by atoms with E-state index in [4.69, 9.17) is 5.26 Å². The molecule has 2 aromatic rings. The molecule has 2 heterocycles.